The SMILES string of the molecule is CC1=C(c2ncco2)N=CN2NC(CCN3CCn4c(cnc4C4CCCC4)C3)N=C12. The van der Waals surface area contributed by atoms with Crippen LogP contribution < -0.4 is 5.43 Å². The molecule has 1 saturated carbocycles. The fraction of sp³-hybridized carbons (Fsp3) is 0.545. The van der Waals surface area contributed by atoms with Crippen molar-refractivity contribution in [3.63, 3.8) is 0 Å². The number of hydrazine groups is 1. The molecular weight excluding hydrogens is 392 g/mol. The predicted molar refractivity (Wildman–Crippen MR) is 117 cm³/mol. The van der Waals surface area contributed by atoms with Crippen LogP contribution >= 0.6 is 0 Å². The smallest absolute Gasteiger partial charge is 0.245 e. The molecule has 0 aromatic carbocycles. The Morgan fingerprint density at radius 1 is 1.19 bits per heavy atom. The van der Waals surface area contributed by atoms with Crippen LogP contribution in [-0.2, 0) is 13.1 Å². The van der Waals surface area contributed by atoms with Crippen LogP contribution in [0.15, 0.2) is 38.6 Å². The number of nitrogens with zero attached hydrogens (tertiary/aromatic N) is 7. The Hall–Kier alpha value is -2.78. The van der Waals surface area contributed by atoms with E-state index < -0.39 is 0 Å². The van der Waals surface area contributed by atoms with Gasteiger partial charge in [0.25, 0.3) is 0 Å². The second-order valence-electron chi connectivity index (χ2n) is 8.83. The molecule has 1 fully saturated rings. The van der Waals surface area contributed by atoms with Crippen LogP contribution in [0.2, 0.25) is 0 Å². The summed E-state index contributed by atoms with van der Waals surface area (Å²) in [6.07, 6.45) is 13.4. The standard InChI is InChI=1S/C22H28N8O/c1-15-19(22-23-7-11-31-22)25-14-30-20(15)26-18(27-30)6-8-28-9-10-29-17(13-28)12-24-21(29)16-4-2-3-5-16/h7,11-12,14,16,18,27H,2-6,8-10,13H2,1H3. The molecule has 162 valence electrons. The second-order valence-corrected chi connectivity index (χ2v) is 8.83. The predicted octanol–water partition coefficient (Wildman–Crippen LogP) is 2.75. The lowest BCUT2D eigenvalue weighted by molar-refractivity contribution is 0.205. The zero-order valence-electron chi connectivity index (χ0n) is 17.9. The van der Waals surface area contributed by atoms with Gasteiger partial charge in [0.15, 0.2) is 5.84 Å². The molecule has 1 N–H and O–H groups in total. The lowest BCUT2D eigenvalue weighted by atomic mass is 10.1. The normalized spacial score (nSPS) is 24.1. The Morgan fingerprint density at radius 2 is 2.10 bits per heavy atom. The van der Waals surface area contributed by atoms with E-state index in [1.807, 2.05) is 11.9 Å². The maximum Gasteiger partial charge on any atom is 0.245 e. The van der Waals surface area contributed by atoms with E-state index in [4.69, 9.17) is 14.4 Å². The third kappa shape index (κ3) is 3.41. The molecule has 3 aliphatic heterocycles. The number of hydrogen-bond donors (Lipinski definition) is 1. The van der Waals surface area contributed by atoms with Crippen molar-refractivity contribution in [1.82, 2.24) is 29.9 Å². The van der Waals surface area contributed by atoms with Crippen LogP contribution in [0, 0.1) is 0 Å². The Kier molecular flexibility index (Phi) is 4.72. The van der Waals surface area contributed by atoms with E-state index in [2.05, 4.69) is 31.1 Å². The van der Waals surface area contributed by atoms with Gasteiger partial charge in [-0.15, -0.1) is 0 Å². The Morgan fingerprint density at radius 3 is 2.94 bits per heavy atom. The molecule has 0 spiro atoms. The fourth-order valence-corrected chi connectivity index (χ4v) is 5.20. The van der Waals surface area contributed by atoms with E-state index in [1.165, 1.54) is 37.2 Å². The number of oxazole rings is 1. The summed E-state index contributed by atoms with van der Waals surface area (Å²) in [7, 11) is 0. The van der Waals surface area contributed by atoms with Gasteiger partial charge in [-0.05, 0) is 26.2 Å². The minimum Gasteiger partial charge on any atom is -0.443 e. The molecule has 0 radical (unpaired) electrons. The molecule has 4 aliphatic rings. The van der Waals surface area contributed by atoms with Crippen LogP contribution in [0.5, 0.6) is 0 Å². The number of nitrogens with one attached hydrogen (secondary N) is 1. The molecule has 0 saturated heterocycles. The van der Waals surface area contributed by atoms with Gasteiger partial charge in [0.05, 0.1) is 11.9 Å². The van der Waals surface area contributed by atoms with Gasteiger partial charge in [-0.2, -0.15) is 0 Å². The van der Waals surface area contributed by atoms with E-state index in [0.29, 0.717) is 11.8 Å². The van der Waals surface area contributed by atoms with Gasteiger partial charge >= 0.3 is 0 Å². The van der Waals surface area contributed by atoms with Crippen molar-refractivity contribution in [2.45, 2.75) is 64.2 Å². The minimum absolute atomic E-state index is 0.0428. The Bertz CT molecular complexity index is 1040. The van der Waals surface area contributed by atoms with E-state index in [-0.39, 0.29) is 6.17 Å². The average molecular weight is 421 g/mol. The number of fused-ring (bicyclic) bond motifs is 2. The third-order valence-corrected chi connectivity index (χ3v) is 6.86. The first-order chi connectivity index (χ1) is 15.3. The molecule has 1 atom stereocenters. The van der Waals surface area contributed by atoms with Crippen molar-refractivity contribution in [3.8, 4) is 0 Å². The van der Waals surface area contributed by atoms with Crippen LogP contribution in [0.1, 0.15) is 62.4 Å². The van der Waals surface area contributed by atoms with E-state index >= 15 is 0 Å². The van der Waals surface area contributed by atoms with E-state index in [9.17, 15) is 0 Å². The average Bonchev–Trinajstić information content (AvgIpc) is 3.58. The molecule has 1 unspecified atom stereocenters. The third-order valence-electron chi connectivity index (χ3n) is 6.86. The van der Waals surface area contributed by atoms with Crippen molar-refractivity contribution in [2.75, 3.05) is 13.1 Å². The van der Waals surface area contributed by atoms with Gasteiger partial charge in [-0.1, -0.05) is 12.8 Å². The topological polar surface area (TPSA) is 87.1 Å². The molecule has 6 rings (SSSR count). The lowest BCUT2D eigenvalue weighted by Gasteiger charge is -2.30. The first kappa shape index (κ1) is 18.9. The number of hydrogen-bond acceptors (Lipinski definition) is 8. The molecule has 0 bridgehead atoms. The summed E-state index contributed by atoms with van der Waals surface area (Å²) in [5.41, 5.74) is 6.51. The number of aliphatic imine (C=N–C) groups is 2. The summed E-state index contributed by atoms with van der Waals surface area (Å²) in [4.78, 5) is 20.9. The highest BCUT2D eigenvalue weighted by Crippen LogP contribution is 2.34. The number of aromatic nitrogens is 3. The van der Waals surface area contributed by atoms with Crippen molar-refractivity contribution in [3.05, 3.63) is 41.6 Å². The Balaban J connectivity index is 1.09. The summed E-state index contributed by atoms with van der Waals surface area (Å²) in [6.45, 7) is 6.11. The van der Waals surface area contributed by atoms with Crippen molar-refractivity contribution < 1.29 is 4.42 Å². The highest BCUT2D eigenvalue weighted by Gasteiger charge is 2.31. The molecule has 9 heteroatoms. The minimum atomic E-state index is 0.0428. The molecule has 9 nitrogen and oxygen atoms in total. The van der Waals surface area contributed by atoms with Crippen LogP contribution in [0.4, 0.5) is 0 Å². The summed E-state index contributed by atoms with van der Waals surface area (Å²) in [5.74, 6) is 3.43. The monoisotopic (exact) mass is 420 g/mol. The fourth-order valence-electron chi connectivity index (χ4n) is 5.20. The second kappa shape index (κ2) is 7.72. The summed E-state index contributed by atoms with van der Waals surface area (Å²) < 4.78 is 7.90. The first-order valence-corrected chi connectivity index (χ1v) is 11.3. The molecule has 5 heterocycles. The van der Waals surface area contributed by atoms with Gasteiger partial charge < -0.3 is 8.98 Å². The number of imidazole rings is 1. The van der Waals surface area contributed by atoms with Crippen LogP contribution in [0.25, 0.3) is 5.70 Å². The van der Waals surface area contributed by atoms with Gasteiger partial charge in [0.2, 0.25) is 5.89 Å². The van der Waals surface area contributed by atoms with Gasteiger partial charge in [-0.25, -0.2) is 30.4 Å². The first-order valence-electron chi connectivity index (χ1n) is 11.3. The molecule has 2 aromatic heterocycles. The number of amidine groups is 1. The quantitative estimate of drug-likeness (QED) is 0.800. The Labute approximate surface area is 181 Å². The van der Waals surface area contributed by atoms with Crippen molar-refractivity contribution >= 4 is 17.9 Å². The zero-order chi connectivity index (χ0) is 20.8. The molecule has 1 aliphatic carbocycles. The summed E-state index contributed by atoms with van der Waals surface area (Å²) in [5, 5.41) is 1.91. The highest BCUT2D eigenvalue weighted by atomic mass is 16.3. The molecular formula is C22H28N8O. The highest BCUT2D eigenvalue weighted by molar-refractivity contribution is 6.11. The maximum atomic E-state index is 5.42. The van der Waals surface area contributed by atoms with Gasteiger partial charge in [0, 0.05) is 43.9 Å². The summed E-state index contributed by atoms with van der Waals surface area (Å²) in [6, 6.07) is 0. The summed E-state index contributed by atoms with van der Waals surface area (Å²) >= 11 is 0. The molecule has 31 heavy (non-hydrogen) atoms. The molecule has 0 amide bonds. The van der Waals surface area contributed by atoms with Crippen LogP contribution in [-0.4, -0.2) is 55.9 Å². The van der Waals surface area contributed by atoms with E-state index in [0.717, 1.165) is 49.7 Å². The zero-order valence-corrected chi connectivity index (χ0v) is 17.9. The van der Waals surface area contributed by atoms with Crippen molar-refractivity contribution in [1.29, 1.82) is 0 Å². The molecule has 2 aromatic rings. The van der Waals surface area contributed by atoms with E-state index in [1.54, 1.807) is 18.8 Å². The van der Waals surface area contributed by atoms with Gasteiger partial charge in [-0.3, -0.25) is 4.90 Å². The maximum absolute atomic E-state index is 5.42. The van der Waals surface area contributed by atoms with Crippen molar-refractivity contribution in [2.24, 2.45) is 9.98 Å². The number of rotatable bonds is 5. The van der Waals surface area contributed by atoms with Gasteiger partial charge in [0.1, 0.15) is 30.3 Å². The largest absolute Gasteiger partial charge is 0.443 e. The lowest BCUT2D eigenvalue weighted by Crippen LogP contribution is -2.42. The van der Waals surface area contributed by atoms with Crippen LogP contribution in [0.3, 0.4) is 0 Å².